The summed E-state index contributed by atoms with van der Waals surface area (Å²) in [5.74, 6) is -0.101. The second kappa shape index (κ2) is 5.46. The molecule has 0 saturated carbocycles. The van der Waals surface area contributed by atoms with Gasteiger partial charge in [0.15, 0.2) is 0 Å². The van der Waals surface area contributed by atoms with Crippen LogP contribution in [-0.4, -0.2) is 4.57 Å². The van der Waals surface area contributed by atoms with Crippen molar-refractivity contribution in [1.29, 1.82) is 5.26 Å². The quantitative estimate of drug-likeness (QED) is 0.698. The van der Waals surface area contributed by atoms with Crippen LogP contribution in [0, 0.1) is 18.3 Å². The van der Waals surface area contributed by atoms with Crippen molar-refractivity contribution < 1.29 is 0 Å². The van der Waals surface area contributed by atoms with Gasteiger partial charge in [-0.25, -0.2) is 0 Å². The first-order valence-electron chi connectivity index (χ1n) is 7.18. The molecule has 1 heterocycles. The van der Waals surface area contributed by atoms with Gasteiger partial charge in [0.1, 0.15) is 0 Å². The Hall–Kier alpha value is -2.53. The highest BCUT2D eigenvalue weighted by atomic mass is 14.9. The predicted octanol–water partition coefficient (Wildman–Crippen LogP) is 4.34. The van der Waals surface area contributed by atoms with Crippen LogP contribution in [0.5, 0.6) is 0 Å². The minimum Gasteiger partial charge on any atom is -0.350 e. The van der Waals surface area contributed by atoms with E-state index >= 15 is 0 Å². The standard InChI is InChI=1S/C19H18N2/c1-14-6-5-7-15(10-14)16(12-20)11-17-13-21(2)19-9-4-3-8-18(17)19/h3-10,13,16H,11H2,1-2H3. The van der Waals surface area contributed by atoms with Crippen LogP contribution in [0.15, 0.2) is 54.7 Å². The summed E-state index contributed by atoms with van der Waals surface area (Å²) in [6.45, 7) is 2.07. The zero-order valence-electron chi connectivity index (χ0n) is 12.4. The Morgan fingerprint density at radius 1 is 1.14 bits per heavy atom. The van der Waals surface area contributed by atoms with Crippen LogP contribution in [-0.2, 0) is 13.5 Å². The van der Waals surface area contributed by atoms with Crippen molar-refractivity contribution in [3.63, 3.8) is 0 Å². The van der Waals surface area contributed by atoms with Crippen molar-refractivity contribution in [1.82, 2.24) is 4.57 Å². The Morgan fingerprint density at radius 3 is 2.71 bits per heavy atom. The first kappa shape index (κ1) is 13.5. The lowest BCUT2D eigenvalue weighted by molar-refractivity contribution is 0.843. The van der Waals surface area contributed by atoms with Gasteiger partial charge in [-0.1, -0.05) is 48.0 Å². The minimum absolute atomic E-state index is 0.101. The molecular weight excluding hydrogens is 256 g/mol. The summed E-state index contributed by atoms with van der Waals surface area (Å²) in [5, 5.41) is 10.8. The van der Waals surface area contributed by atoms with E-state index in [9.17, 15) is 5.26 Å². The maximum atomic E-state index is 9.55. The summed E-state index contributed by atoms with van der Waals surface area (Å²) in [6, 6.07) is 19.1. The number of hydrogen-bond donors (Lipinski definition) is 0. The molecule has 0 N–H and O–H groups in total. The molecule has 3 rings (SSSR count). The number of hydrogen-bond acceptors (Lipinski definition) is 1. The molecular formula is C19H18N2. The first-order valence-corrected chi connectivity index (χ1v) is 7.18. The maximum Gasteiger partial charge on any atom is 0.0753 e. The number of fused-ring (bicyclic) bond motifs is 1. The smallest absolute Gasteiger partial charge is 0.0753 e. The highest BCUT2D eigenvalue weighted by Crippen LogP contribution is 2.27. The molecule has 0 spiro atoms. The van der Waals surface area contributed by atoms with Crippen LogP contribution in [0.4, 0.5) is 0 Å². The van der Waals surface area contributed by atoms with Crippen molar-refractivity contribution in [3.05, 3.63) is 71.4 Å². The van der Waals surface area contributed by atoms with Crippen molar-refractivity contribution in [2.24, 2.45) is 7.05 Å². The van der Waals surface area contributed by atoms with Crippen molar-refractivity contribution in [2.45, 2.75) is 19.3 Å². The van der Waals surface area contributed by atoms with Crippen molar-refractivity contribution in [3.8, 4) is 6.07 Å². The van der Waals surface area contributed by atoms with E-state index in [1.165, 1.54) is 22.0 Å². The zero-order chi connectivity index (χ0) is 14.8. The Bertz CT molecular complexity index is 821. The van der Waals surface area contributed by atoms with E-state index < -0.39 is 0 Å². The summed E-state index contributed by atoms with van der Waals surface area (Å²) >= 11 is 0. The molecule has 2 aromatic carbocycles. The van der Waals surface area contributed by atoms with Gasteiger partial charge < -0.3 is 4.57 Å². The summed E-state index contributed by atoms with van der Waals surface area (Å²) in [6.07, 6.45) is 2.89. The van der Waals surface area contributed by atoms with Gasteiger partial charge in [-0.2, -0.15) is 5.26 Å². The molecule has 0 bridgehead atoms. The third kappa shape index (κ3) is 2.55. The van der Waals surface area contributed by atoms with Crippen LogP contribution in [0.2, 0.25) is 0 Å². The number of aromatic nitrogens is 1. The Kier molecular flexibility index (Phi) is 3.50. The molecule has 0 saturated heterocycles. The zero-order valence-corrected chi connectivity index (χ0v) is 12.4. The van der Waals surface area contributed by atoms with E-state index in [0.29, 0.717) is 0 Å². The van der Waals surface area contributed by atoms with E-state index in [2.05, 4.69) is 67.2 Å². The monoisotopic (exact) mass is 274 g/mol. The molecule has 21 heavy (non-hydrogen) atoms. The number of aryl methyl sites for hydroxylation is 2. The molecule has 3 aromatic rings. The summed E-state index contributed by atoms with van der Waals surface area (Å²) in [5.41, 5.74) is 4.76. The molecule has 0 aliphatic carbocycles. The van der Waals surface area contributed by atoms with Gasteiger partial charge in [0.25, 0.3) is 0 Å². The summed E-state index contributed by atoms with van der Waals surface area (Å²) in [7, 11) is 2.06. The number of benzene rings is 2. The molecule has 104 valence electrons. The maximum absolute atomic E-state index is 9.55. The average molecular weight is 274 g/mol. The first-order chi connectivity index (χ1) is 10.2. The second-order valence-electron chi connectivity index (χ2n) is 5.58. The minimum atomic E-state index is -0.101. The van der Waals surface area contributed by atoms with Gasteiger partial charge in [0.2, 0.25) is 0 Å². The van der Waals surface area contributed by atoms with Crippen molar-refractivity contribution in [2.75, 3.05) is 0 Å². The van der Waals surface area contributed by atoms with Gasteiger partial charge in [0.05, 0.1) is 12.0 Å². The number of para-hydroxylation sites is 1. The second-order valence-corrected chi connectivity index (χ2v) is 5.58. The largest absolute Gasteiger partial charge is 0.350 e. The van der Waals surface area contributed by atoms with Gasteiger partial charge in [-0.15, -0.1) is 0 Å². The molecule has 1 unspecified atom stereocenters. The highest BCUT2D eigenvalue weighted by molar-refractivity contribution is 5.84. The Morgan fingerprint density at radius 2 is 1.95 bits per heavy atom. The molecule has 0 aliphatic heterocycles. The molecule has 1 atom stereocenters. The molecule has 1 aromatic heterocycles. The SMILES string of the molecule is Cc1cccc(C(C#N)Cc2cn(C)c3ccccc23)c1. The van der Waals surface area contributed by atoms with Crippen LogP contribution < -0.4 is 0 Å². The molecule has 0 radical (unpaired) electrons. The van der Waals surface area contributed by atoms with Gasteiger partial charge >= 0.3 is 0 Å². The molecule has 0 aliphatic rings. The predicted molar refractivity (Wildman–Crippen MR) is 86.2 cm³/mol. The molecule has 2 heteroatoms. The summed E-state index contributed by atoms with van der Waals surface area (Å²) < 4.78 is 2.13. The molecule has 0 fully saturated rings. The van der Waals surface area contributed by atoms with Gasteiger partial charge in [0, 0.05) is 24.1 Å². The van der Waals surface area contributed by atoms with Crippen molar-refractivity contribution >= 4 is 10.9 Å². The summed E-state index contributed by atoms with van der Waals surface area (Å²) in [4.78, 5) is 0. The lowest BCUT2D eigenvalue weighted by Crippen LogP contribution is -2.00. The van der Waals surface area contributed by atoms with E-state index in [4.69, 9.17) is 0 Å². The molecule has 0 amide bonds. The fraction of sp³-hybridized carbons (Fsp3) is 0.211. The van der Waals surface area contributed by atoms with Crippen LogP contribution >= 0.6 is 0 Å². The third-order valence-electron chi connectivity index (χ3n) is 4.00. The van der Waals surface area contributed by atoms with E-state index in [1.807, 2.05) is 12.1 Å². The highest BCUT2D eigenvalue weighted by Gasteiger charge is 2.15. The topological polar surface area (TPSA) is 28.7 Å². The van der Waals surface area contributed by atoms with E-state index in [0.717, 1.165) is 12.0 Å². The number of nitriles is 1. The van der Waals surface area contributed by atoms with Gasteiger partial charge in [-0.05, 0) is 30.5 Å². The van der Waals surface area contributed by atoms with Crippen LogP contribution in [0.1, 0.15) is 22.6 Å². The fourth-order valence-corrected chi connectivity index (χ4v) is 2.93. The third-order valence-corrected chi connectivity index (χ3v) is 4.00. The lowest BCUT2D eigenvalue weighted by atomic mass is 9.92. The Balaban J connectivity index is 1.99. The normalized spacial score (nSPS) is 12.2. The van der Waals surface area contributed by atoms with Gasteiger partial charge in [-0.3, -0.25) is 0 Å². The number of nitrogens with zero attached hydrogens (tertiary/aromatic N) is 2. The van der Waals surface area contributed by atoms with Crippen LogP contribution in [0.3, 0.4) is 0 Å². The fourth-order valence-electron chi connectivity index (χ4n) is 2.93. The average Bonchev–Trinajstić information content (AvgIpc) is 2.82. The van der Waals surface area contributed by atoms with Crippen LogP contribution in [0.25, 0.3) is 10.9 Å². The molecule has 2 nitrogen and oxygen atoms in total. The van der Waals surface area contributed by atoms with E-state index in [1.54, 1.807) is 0 Å². The van der Waals surface area contributed by atoms with E-state index in [-0.39, 0.29) is 5.92 Å². The lowest BCUT2D eigenvalue weighted by Gasteiger charge is -2.09. The number of rotatable bonds is 3. The Labute approximate surface area is 125 Å².